The zero-order valence-corrected chi connectivity index (χ0v) is 13.4. The summed E-state index contributed by atoms with van der Waals surface area (Å²) in [5.41, 5.74) is 0.935. The Morgan fingerprint density at radius 1 is 1.50 bits per heavy atom. The van der Waals surface area contributed by atoms with Crippen LogP contribution in [0.5, 0.6) is 0 Å². The monoisotopic (exact) mass is 295 g/mol. The lowest BCUT2D eigenvalue weighted by Crippen LogP contribution is -2.41. The fraction of sp³-hybridized carbons (Fsp3) is 0.571. The number of fused-ring (bicyclic) bond motifs is 1. The van der Waals surface area contributed by atoms with Crippen molar-refractivity contribution >= 4 is 27.5 Å². The molecular weight excluding hydrogens is 274 g/mol. The number of nitrogens with zero attached hydrogens (tertiary/aromatic N) is 3. The average molecular weight is 295 g/mol. The average Bonchev–Trinajstić information content (AvgIpc) is 2.88. The highest BCUT2D eigenvalue weighted by molar-refractivity contribution is 7.20. The third-order valence-corrected chi connectivity index (χ3v) is 4.44. The van der Waals surface area contributed by atoms with Crippen molar-refractivity contribution < 1.29 is 9.90 Å². The van der Waals surface area contributed by atoms with Gasteiger partial charge in [0.05, 0.1) is 16.7 Å². The maximum absolute atomic E-state index is 12.6. The lowest BCUT2D eigenvalue weighted by atomic mass is 10.2. The van der Waals surface area contributed by atoms with Crippen LogP contribution in [0.3, 0.4) is 0 Å². The third kappa shape index (κ3) is 2.71. The molecule has 1 N–H and O–H groups in total. The topological polar surface area (TPSA) is 58.4 Å². The van der Waals surface area contributed by atoms with E-state index in [1.54, 1.807) is 16.5 Å². The third-order valence-electron chi connectivity index (χ3n) is 3.25. The minimum Gasteiger partial charge on any atom is -0.392 e. The van der Waals surface area contributed by atoms with Crippen molar-refractivity contribution in [1.82, 2.24) is 14.7 Å². The largest absolute Gasteiger partial charge is 0.392 e. The summed E-state index contributed by atoms with van der Waals surface area (Å²) in [4.78, 5) is 16.0. The van der Waals surface area contributed by atoms with E-state index in [9.17, 15) is 9.90 Å². The highest BCUT2D eigenvalue weighted by atomic mass is 32.1. The molecule has 0 aliphatic carbocycles. The first-order chi connectivity index (χ1) is 9.31. The molecule has 0 bridgehead atoms. The highest BCUT2D eigenvalue weighted by Gasteiger charge is 2.23. The van der Waals surface area contributed by atoms with Crippen molar-refractivity contribution in [2.45, 2.75) is 39.8 Å². The summed E-state index contributed by atoms with van der Waals surface area (Å²) < 4.78 is 1.81. The van der Waals surface area contributed by atoms with Crippen LogP contribution in [0.15, 0.2) is 6.07 Å². The molecule has 2 aromatic heterocycles. The molecule has 1 amide bonds. The molecule has 2 aromatic rings. The summed E-state index contributed by atoms with van der Waals surface area (Å²) in [5.74, 6) is -0.0264. The number of carbonyl (C=O) groups is 1. The smallest absolute Gasteiger partial charge is 0.264 e. The van der Waals surface area contributed by atoms with E-state index in [1.807, 2.05) is 33.9 Å². The van der Waals surface area contributed by atoms with Gasteiger partial charge in [0, 0.05) is 25.0 Å². The number of aliphatic hydroxyl groups is 1. The van der Waals surface area contributed by atoms with Crippen LogP contribution in [0, 0.1) is 6.92 Å². The molecule has 6 heteroatoms. The molecule has 20 heavy (non-hydrogen) atoms. The number of aliphatic hydroxyl groups excluding tert-OH is 1. The van der Waals surface area contributed by atoms with Crippen LogP contribution in [0.4, 0.5) is 0 Å². The molecule has 0 saturated heterocycles. The van der Waals surface area contributed by atoms with Gasteiger partial charge in [0.1, 0.15) is 4.83 Å². The predicted molar refractivity (Wildman–Crippen MR) is 81.2 cm³/mol. The van der Waals surface area contributed by atoms with Crippen LogP contribution >= 0.6 is 11.3 Å². The standard InChI is InChI=1S/C14H21N3O2S/c1-8(2)17(7-9(3)18)13(19)12-6-11-10(4)15-16(5)14(11)20-12/h6,8-9,18H,7H2,1-5H3. The van der Waals surface area contributed by atoms with Crippen LogP contribution in [0.1, 0.15) is 36.1 Å². The maximum atomic E-state index is 12.6. The minimum atomic E-state index is -0.529. The van der Waals surface area contributed by atoms with E-state index < -0.39 is 6.10 Å². The molecule has 0 aliphatic heterocycles. The van der Waals surface area contributed by atoms with E-state index in [-0.39, 0.29) is 11.9 Å². The van der Waals surface area contributed by atoms with Gasteiger partial charge in [0.2, 0.25) is 0 Å². The molecule has 2 heterocycles. The van der Waals surface area contributed by atoms with Crippen molar-refractivity contribution in [3.05, 3.63) is 16.6 Å². The van der Waals surface area contributed by atoms with Crippen LogP contribution in [0.25, 0.3) is 10.2 Å². The number of amides is 1. The van der Waals surface area contributed by atoms with Gasteiger partial charge in [0.15, 0.2) is 0 Å². The van der Waals surface area contributed by atoms with Crippen LogP contribution in [0.2, 0.25) is 0 Å². The molecule has 0 fully saturated rings. The quantitative estimate of drug-likeness (QED) is 0.940. The van der Waals surface area contributed by atoms with Crippen LogP contribution < -0.4 is 0 Å². The highest BCUT2D eigenvalue weighted by Crippen LogP contribution is 2.28. The minimum absolute atomic E-state index is 0.0264. The number of aromatic nitrogens is 2. The van der Waals surface area contributed by atoms with E-state index >= 15 is 0 Å². The zero-order valence-electron chi connectivity index (χ0n) is 12.5. The number of hydrogen-bond acceptors (Lipinski definition) is 4. The van der Waals surface area contributed by atoms with Gasteiger partial charge in [0.25, 0.3) is 5.91 Å². The number of rotatable bonds is 4. The summed E-state index contributed by atoms with van der Waals surface area (Å²) in [6, 6.07) is 1.96. The maximum Gasteiger partial charge on any atom is 0.264 e. The Morgan fingerprint density at radius 3 is 2.65 bits per heavy atom. The SMILES string of the molecule is Cc1nn(C)c2sc(C(=O)N(CC(C)O)C(C)C)cc12. The molecule has 1 atom stereocenters. The Balaban J connectivity index is 2.36. The fourth-order valence-electron chi connectivity index (χ4n) is 2.27. The Morgan fingerprint density at radius 2 is 2.15 bits per heavy atom. The zero-order chi connectivity index (χ0) is 15.0. The summed E-state index contributed by atoms with van der Waals surface area (Å²) in [6.07, 6.45) is -0.529. The van der Waals surface area contributed by atoms with Crippen molar-refractivity contribution in [3.63, 3.8) is 0 Å². The number of thiophene rings is 1. The van der Waals surface area contributed by atoms with Crippen molar-refractivity contribution in [2.75, 3.05) is 6.54 Å². The van der Waals surface area contributed by atoms with Crippen molar-refractivity contribution in [1.29, 1.82) is 0 Å². The second-order valence-electron chi connectivity index (χ2n) is 5.44. The van der Waals surface area contributed by atoms with Gasteiger partial charge < -0.3 is 10.0 Å². The lowest BCUT2D eigenvalue weighted by molar-refractivity contribution is 0.0583. The summed E-state index contributed by atoms with van der Waals surface area (Å²) >= 11 is 1.45. The van der Waals surface area contributed by atoms with E-state index in [0.29, 0.717) is 11.4 Å². The molecule has 0 saturated carbocycles. The molecule has 2 rings (SSSR count). The molecule has 0 radical (unpaired) electrons. The van der Waals surface area contributed by atoms with Gasteiger partial charge in [-0.1, -0.05) is 0 Å². The predicted octanol–water partition coefficient (Wildman–Crippen LogP) is 2.17. The Hall–Kier alpha value is -1.40. The van der Waals surface area contributed by atoms with Crippen LogP contribution in [-0.2, 0) is 7.05 Å². The van der Waals surface area contributed by atoms with Crippen molar-refractivity contribution in [2.24, 2.45) is 7.05 Å². The van der Waals surface area contributed by atoms with E-state index in [2.05, 4.69) is 5.10 Å². The van der Waals surface area contributed by atoms with E-state index in [0.717, 1.165) is 15.9 Å². The number of aryl methyl sites for hydroxylation is 2. The van der Waals surface area contributed by atoms with Gasteiger partial charge in [-0.2, -0.15) is 5.10 Å². The first-order valence-corrected chi connectivity index (χ1v) is 7.55. The molecule has 0 aromatic carbocycles. The molecular formula is C14H21N3O2S. The van der Waals surface area contributed by atoms with Gasteiger partial charge in [-0.05, 0) is 33.8 Å². The molecule has 110 valence electrons. The second-order valence-corrected chi connectivity index (χ2v) is 6.47. The molecule has 1 unspecified atom stereocenters. The van der Waals surface area contributed by atoms with Gasteiger partial charge in [-0.25, -0.2) is 0 Å². The Bertz CT molecular complexity index is 593. The first kappa shape index (κ1) is 15.0. The van der Waals surface area contributed by atoms with E-state index in [4.69, 9.17) is 0 Å². The number of carbonyl (C=O) groups excluding carboxylic acids is 1. The van der Waals surface area contributed by atoms with Crippen LogP contribution in [-0.4, -0.2) is 44.4 Å². The van der Waals surface area contributed by atoms with Crippen molar-refractivity contribution in [3.8, 4) is 0 Å². The Kier molecular flexibility index (Phi) is 4.15. The first-order valence-electron chi connectivity index (χ1n) is 6.73. The molecule has 0 aliphatic rings. The second kappa shape index (κ2) is 5.54. The fourth-order valence-corrected chi connectivity index (χ4v) is 3.34. The Labute approximate surface area is 122 Å². The summed E-state index contributed by atoms with van der Waals surface area (Å²) in [6.45, 7) is 7.91. The van der Waals surface area contributed by atoms with E-state index in [1.165, 1.54) is 11.3 Å². The number of hydrogen-bond donors (Lipinski definition) is 1. The van der Waals surface area contributed by atoms with Gasteiger partial charge >= 0.3 is 0 Å². The van der Waals surface area contributed by atoms with Gasteiger partial charge in [-0.15, -0.1) is 11.3 Å². The molecule has 0 spiro atoms. The summed E-state index contributed by atoms with van der Waals surface area (Å²) in [5, 5.41) is 14.9. The normalized spacial score (nSPS) is 13.2. The molecule has 5 nitrogen and oxygen atoms in total. The van der Waals surface area contributed by atoms with Gasteiger partial charge in [-0.3, -0.25) is 9.48 Å². The lowest BCUT2D eigenvalue weighted by Gasteiger charge is -2.27. The summed E-state index contributed by atoms with van der Waals surface area (Å²) in [7, 11) is 1.89.